The van der Waals surface area contributed by atoms with Crippen LogP contribution in [0.5, 0.6) is 0 Å². The second-order valence-electron chi connectivity index (χ2n) is 9.34. The van der Waals surface area contributed by atoms with Gasteiger partial charge in [0.25, 0.3) is 5.91 Å². The zero-order valence-electron chi connectivity index (χ0n) is 21.8. The maximum Gasteiger partial charge on any atom is 0.305 e. The summed E-state index contributed by atoms with van der Waals surface area (Å²) in [6, 6.07) is 24.5. The number of carbonyl (C=O) groups excluding carboxylic acids is 1. The molecule has 0 saturated heterocycles. The number of hydrogen-bond acceptors (Lipinski definition) is 5. The van der Waals surface area contributed by atoms with Gasteiger partial charge in [0.1, 0.15) is 0 Å². The third kappa shape index (κ3) is 7.29. The van der Waals surface area contributed by atoms with E-state index in [2.05, 4.69) is 78.0 Å². The van der Waals surface area contributed by atoms with Crippen LogP contribution in [0.3, 0.4) is 0 Å². The summed E-state index contributed by atoms with van der Waals surface area (Å²) >= 11 is 1.61. The van der Waals surface area contributed by atoms with E-state index in [1.54, 1.807) is 23.5 Å². The highest BCUT2D eigenvalue weighted by Gasteiger charge is 2.16. The second-order valence-corrected chi connectivity index (χ2v) is 10.2. The van der Waals surface area contributed by atoms with Gasteiger partial charge in [-0.15, -0.1) is 11.3 Å². The maximum absolute atomic E-state index is 12.3. The number of aliphatic carboxylic acids is 1. The van der Waals surface area contributed by atoms with Crippen molar-refractivity contribution in [3.05, 3.63) is 100 Å². The number of nitrogens with one attached hydrogen (secondary N) is 1. The van der Waals surface area contributed by atoms with Gasteiger partial charge in [-0.25, -0.2) is 4.98 Å². The van der Waals surface area contributed by atoms with Crippen LogP contribution in [0.15, 0.2) is 78.2 Å². The summed E-state index contributed by atoms with van der Waals surface area (Å²) in [6.07, 6.45) is 3.31. The minimum Gasteiger partial charge on any atom is -0.481 e. The maximum atomic E-state index is 12.3. The molecule has 4 rings (SSSR count). The molecule has 0 bridgehead atoms. The second kappa shape index (κ2) is 13.0. The number of carboxylic acid groups (broad SMARTS) is 1. The molecule has 0 atom stereocenters. The van der Waals surface area contributed by atoms with E-state index in [9.17, 15) is 9.59 Å². The van der Waals surface area contributed by atoms with Crippen LogP contribution in [-0.2, 0) is 17.8 Å². The fourth-order valence-corrected chi connectivity index (χ4v) is 5.00. The minimum absolute atomic E-state index is 0.102. The normalized spacial score (nSPS) is 10.8. The molecular formula is C31H33N3O3S. The molecule has 0 aliphatic carbocycles. The van der Waals surface area contributed by atoms with Crippen LogP contribution in [0, 0.1) is 6.92 Å². The third-order valence-corrected chi connectivity index (χ3v) is 7.15. The minimum atomic E-state index is -0.938. The Morgan fingerprint density at radius 2 is 1.74 bits per heavy atom. The van der Waals surface area contributed by atoms with Crippen LogP contribution in [0.2, 0.25) is 0 Å². The molecule has 38 heavy (non-hydrogen) atoms. The molecule has 0 unspecified atom stereocenters. The summed E-state index contributed by atoms with van der Waals surface area (Å²) in [6.45, 7) is 4.98. The van der Waals surface area contributed by atoms with Crippen LogP contribution in [0.1, 0.15) is 53.2 Å². The summed E-state index contributed by atoms with van der Waals surface area (Å²) in [4.78, 5) is 30.2. The molecule has 2 N–H and O–H groups in total. The van der Waals surface area contributed by atoms with E-state index in [1.165, 1.54) is 24.0 Å². The topological polar surface area (TPSA) is 82.5 Å². The fourth-order valence-electron chi connectivity index (χ4n) is 4.15. The molecule has 0 radical (unpaired) electrons. The number of thiazole rings is 1. The molecule has 0 fully saturated rings. The monoisotopic (exact) mass is 527 g/mol. The zero-order chi connectivity index (χ0) is 26.9. The summed E-state index contributed by atoms with van der Waals surface area (Å²) in [5, 5.41) is 14.4. The summed E-state index contributed by atoms with van der Waals surface area (Å²) in [5.41, 5.74) is 7.17. The Morgan fingerprint density at radius 1 is 1.00 bits per heavy atom. The lowest BCUT2D eigenvalue weighted by Gasteiger charge is -2.23. The van der Waals surface area contributed by atoms with Crippen molar-refractivity contribution < 1.29 is 14.7 Å². The average Bonchev–Trinajstić information content (AvgIpc) is 3.41. The van der Waals surface area contributed by atoms with E-state index in [0.29, 0.717) is 12.1 Å². The number of benzene rings is 3. The standard InChI is InChI=1S/C31H33N3O3S/c1-3-4-7-23-11-15-27(16-12-23)34(31-33-28(21-38-31)26-8-5-6-22(2)19-26)20-24-9-13-25(14-10-24)30(37)32-18-17-29(35)36/h5-6,8-16,19,21H,3-4,7,17-18,20H2,1-2H3,(H,32,37)(H,35,36). The van der Waals surface area contributed by atoms with Crippen molar-refractivity contribution in [1.82, 2.24) is 10.3 Å². The van der Waals surface area contributed by atoms with Gasteiger partial charge in [0.2, 0.25) is 0 Å². The summed E-state index contributed by atoms with van der Waals surface area (Å²) in [5.74, 6) is -1.22. The first kappa shape index (κ1) is 27.1. The van der Waals surface area contributed by atoms with Gasteiger partial charge in [0, 0.05) is 28.7 Å². The van der Waals surface area contributed by atoms with E-state index < -0.39 is 5.97 Å². The van der Waals surface area contributed by atoms with E-state index in [1.807, 2.05) is 12.1 Å². The van der Waals surface area contributed by atoms with E-state index in [4.69, 9.17) is 10.1 Å². The molecular weight excluding hydrogens is 494 g/mol. The molecule has 4 aromatic rings. The van der Waals surface area contributed by atoms with Crippen molar-refractivity contribution in [2.24, 2.45) is 0 Å². The largest absolute Gasteiger partial charge is 0.481 e. The van der Waals surface area contributed by atoms with E-state index in [-0.39, 0.29) is 18.9 Å². The Kier molecular flexibility index (Phi) is 9.27. The Morgan fingerprint density at radius 3 is 2.42 bits per heavy atom. The van der Waals surface area contributed by atoms with Crippen molar-refractivity contribution in [3.8, 4) is 11.3 Å². The lowest BCUT2D eigenvalue weighted by molar-refractivity contribution is -0.136. The third-order valence-electron chi connectivity index (χ3n) is 6.29. The summed E-state index contributed by atoms with van der Waals surface area (Å²) < 4.78 is 0. The number of rotatable bonds is 12. The first-order chi connectivity index (χ1) is 18.4. The Bertz CT molecular complexity index is 1360. The number of aromatic nitrogens is 1. The molecule has 196 valence electrons. The quantitative estimate of drug-likeness (QED) is 0.207. The first-order valence-corrected chi connectivity index (χ1v) is 13.8. The van der Waals surface area contributed by atoms with Crippen LogP contribution >= 0.6 is 11.3 Å². The average molecular weight is 528 g/mol. The zero-order valence-corrected chi connectivity index (χ0v) is 22.6. The molecule has 0 spiro atoms. The van der Waals surface area contributed by atoms with Gasteiger partial charge in [-0.2, -0.15) is 0 Å². The number of aryl methyl sites for hydroxylation is 2. The SMILES string of the molecule is CCCCc1ccc(N(Cc2ccc(C(=O)NCCC(=O)O)cc2)c2nc(-c3cccc(C)c3)cs2)cc1. The highest BCUT2D eigenvalue weighted by molar-refractivity contribution is 7.14. The van der Waals surface area contributed by atoms with Gasteiger partial charge >= 0.3 is 5.97 Å². The molecule has 6 nitrogen and oxygen atoms in total. The molecule has 1 heterocycles. The number of nitrogens with zero attached hydrogens (tertiary/aromatic N) is 2. The molecule has 1 aromatic heterocycles. The number of hydrogen-bond donors (Lipinski definition) is 2. The summed E-state index contributed by atoms with van der Waals surface area (Å²) in [7, 11) is 0. The van der Waals surface area contributed by atoms with Gasteiger partial charge in [0.15, 0.2) is 5.13 Å². The smallest absolute Gasteiger partial charge is 0.305 e. The van der Waals surface area contributed by atoms with Gasteiger partial charge in [-0.1, -0.05) is 61.4 Å². The lowest BCUT2D eigenvalue weighted by Crippen LogP contribution is -2.26. The highest BCUT2D eigenvalue weighted by atomic mass is 32.1. The lowest BCUT2D eigenvalue weighted by atomic mass is 10.1. The predicted molar refractivity (Wildman–Crippen MR) is 154 cm³/mol. The van der Waals surface area contributed by atoms with Gasteiger partial charge in [-0.3, -0.25) is 9.59 Å². The van der Waals surface area contributed by atoms with Crippen LogP contribution in [0.4, 0.5) is 10.8 Å². The van der Waals surface area contributed by atoms with Gasteiger partial charge in [0.05, 0.1) is 18.7 Å². The van der Waals surface area contributed by atoms with Crippen molar-refractivity contribution in [3.63, 3.8) is 0 Å². The number of carbonyl (C=O) groups is 2. The number of amides is 1. The fraction of sp³-hybridized carbons (Fsp3) is 0.258. The first-order valence-electron chi connectivity index (χ1n) is 12.9. The Labute approximate surface area is 228 Å². The van der Waals surface area contributed by atoms with Crippen molar-refractivity contribution in [2.75, 3.05) is 11.4 Å². The molecule has 3 aromatic carbocycles. The Hall–Kier alpha value is -3.97. The Balaban J connectivity index is 1.57. The molecule has 7 heteroatoms. The number of anilines is 2. The molecule has 1 amide bonds. The van der Waals surface area contributed by atoms with Crippen LogP contribution in [0.25, 0.3) is 11.3 Å². The van der Waals surface area contributed by atoms with E-state index in [0.717, 1.165) is 34.1 Å². The van der Waals surface area contributed by atoms with Gasteiger partial charge < -0.3 is 15.3 Å². The molecule has 0 aliphatic heterocycles. The van der Waals surface area contributed by atoms with Gasteiger partial charge in [-0.05, 0) is 61.2 Å². The van der Waals surface area contributed by atoms with Crippen molar-refractivity contribution in [1.29, 1.82) is 0 Å². The predicted octanol–water partition coefficient (Wildman–Crippen LogP) is 7.00. The van der Waals surface area contributed by atoms with Crippen molar-refractivity contribution in [2.45, 2.75) is 46.1 Å². The van der Waals surface area contributed by atoms with Crippen LogP contribution < -0.4 is 10.2 Å². The molecule has 0 aliphatic rings. The van der Waals surface area contributed by atoms with E-state index >= 15 is 0 Å². The highest BCUT2D eigenvalue weighted by Crippen LogP contribution is 2.34. The van der Waals surface area contributed by atoms with Crippen molar-refractivity contribution >= 4 is 34.0 Å². The number of unbranched alkanes of at least 4 members (excludes halogenated alkanes) is 1. The number of carboxylic acids is 1. The van der Waals surface area contributed by atoms with Crippen LogP contribution in [-0.4, -0.2) is 28.5 Å². The molecule has 0 saturated carbocycles.